The minimum absolute atomic E-state index is 0.219. The van der Waals surface area contributed by atoms with Crippen molar-refractivity contribution in [3.63, 3.8) is 0 Å². The number of thiophene rings is 1. The van der Waals surface area contributed by atoms with Crippen LogP contribution in [0, 0.1) is 3.57 Å². The molecule has 0 saturated carbocycles. The lowest BCUT2D eigenvalue weighted by molar-refractivity contribution is 0.691. The van der Waals surface area contributed by atoms with Crippen molar-refractivity contribution in [2.75, 3.05) is 7.05 Å². The van der Waals surface area contributed by atoms with Crippen molar-refractivity contribution in [2.24, 2.45) is 0 Å². The summed E-state index contributed by atoms with van der Waals surface area (Å²) in [6.07, 6.45) is 0. The molecule has 0 aliphatic heterocycles. The molecule has 0 aliphatic rings. The van der Waals surface area contributed by atoms with Crippen molar-refractivity contribution in [2.45, 2.75) is 6.04 Å². The van der Waals surface area contributed by atoms with E-state index in [1.54, 1.807) is 11.3 Å². The van der Waals surface area contributed by atoms with Crippen molar-refractivity contribution in [1.82, 2.24) is 5.32 Å². The SMILES string of the molecule is CNC(c1ccsc1)c1cc(Cl)ccc1I. The first-order valence-electron chi connectivity index (χ1n) is 4.86. The van der Waals surface area contributed by atoms with Crippen LogP contribution in [0.3, 0.4) is 0 Å². The first-order chi connectivity index (χ1) is 7.72. The molecule has 1 aromatic heterocycles. The van der Waals surface area contributed by atoms with E-state index in [0.717, 1.165) is 5.02 Å². The second kappa shape index (κ2) is 5.49. The maximum atomic E-state index is 6.05. The Kier molecular flexibility index (Phi) is 4.24. The van der Waals surface area contributed by atoms with Crippen LogP contribution < -0.4 is 5.32 Å². The van der Waals surface area contributed by atoms with Crippen LogP contribution in [0.15, 0.2) is 35.0 Å². The molecule has 1 unspecified atom stereocenters. The van der Waals surface area contributed by atoms with E-state index in [9.17, 15) is 0 Å². The lowest BCUT2D eigenvalue weighted by atomic mass is 10.0. The van der Waals surface area contributed by atoms with Gasteiger partial charge in [-0.1, -0.05) is 11.6 Å². The van der Waals surface area contributed by atoms with Crippen molar-refractivity contribution in [3.05, 3.63) is 54.7 Å². The summed E-state index contributed by atoms with van der Waals surface area (Å²) in [6, 6.07) is 8.37. The van der Waals surface area contributed by atoms with Gasteiger partial charge in [-0.3, -0.25) is 0 Å². The standard InChI is InChI=1S/C12H11ClINS/c1-15-12(8-4-5-16-7-8)10-6-9(13)2-3-11(10)14/h2-7,12,15H,1H3. The Bertz CT molecular complexity index is 470. The van der Waals surface area contributed by atoms with Crippen molar-refractivity contribution in [3.8, 4) is 0 Å². The third-order valence-electron chi connectivity index (χ3n) is 2.43. The minimum atomic E-state index is 0.219. The van der Waals surface area contributed by atoms with Gasteiger partial charge in [0.1, 0.15) is 0 Å². The zero-order valence-electron chi connectivity index (χ0n) is 8.71. The zero-order chi connectivity index (χ0) is 11.5. The quantitative estimate of drug-likeness (QED) is 0.801. The summed E-state index contributed by atoms with van der Waals surface area (Å²) in [5.74, 6) is 0. The van der Waals surface area contributed by atoms with Gasteiger partial charge in [-0.25, -0.2) is 0 Å². The molecule has 4 heteroatoms. The van der Waals surface area contributed by atoms with E-state index < -0.39 is 0 Å². The molecule has 2 aromatic rings. The summed E-state index contributed by atoms with van der Waals surface area (Å²) in [5, 5.41) is 8.37. The van der Waals surface area contributed by atoms with Crippen molar-refractivity contribution in [1.29, 1.82) is 0 Å². The molecule has 1 heterocycles. The lowest BCUT2D eigenvalue weighted by Gasteiger charge is -2.17. The highest BCUT2D eigenvalue weighted by Crippen LogP contribution is 2.29. The molecular formula is C12H11ClINS. The van der Waals surface area contributed by atoms with Gasteiger partial charge in [-0.05, 0) is 75.8 Å². The molecule has 0 saturated heterocycles. The number of hydrogen-bond donors (Lipinski definition) is 1. The Hall–Kier alpha value is -0.100. The molecule has 0 bridgehead atoms. The zero-order valence-corrected chi connectivity index (χ0v) is 12.4. The molecular weight excluding hydrogens is 353 g/mol. The Morgan fingerprint density at radius 3 is 2.81 bits per heavy atom. The van der Waals surface area contributed by atoms with E-state index in [2.05, 4.69) is 50.8 Å². The highest BCUT2D eigenvalue weighted by molar-refractivity contribution is 14.1. The Morgan fingerprint density at radius 1 is 1.38 bits per heavy atom. The second-order valence-corrected chi connectivity index (χ2v) is 5.82. The van der Waals surface area contributed by atoms with E-state index in [1.165, 1.54) is 14.7 Å². The maximum absolute atomic E-state index is 6.05. The van der Waals surface area contributed by atoms with Gasteiger partial charge in [0.05, 0.1) is 6.04 Å². The van der Waals surface area contributed by atoms with Gasteiger partial charge in [0.2, 0.25) is 0 Å². The molecule has 1 N–H and O–H groups in total. The molecule has 1 atom stereocenters. The van der Waals surface area contributed by atoms with E-state index in [4.69, 9.17) is 11.6 Å². The Labute approximate surface area is 118 Å². The highest BCUT2D eigenvalue weighted by atomic mass is 127. The maximum Gasteiger partial charge on any atom is 0.0593 e. The van der Waals surface area contributed by atoms with Gasteiger partial charge in [0, 0.05) is 8.59 Å². The fourth-order valence-electron chi connectivity index (χ4n) is 1.68. The molecule has 84 valence electrons. The Balaban J connectivity index is 2.44. The van der Waals surface area contributed by atoms with Crippen LogP contribution in [0.5, 0.6) is 0 Å². The van der Waals surface area contributed by atoms with Crippen molar-refractivity contribution >= 4 is 45.5 Å². The molecule has 0 fully saturated rings. The monoisotopic (exact) mass is 363 g/mol. The van der Waals surface area contributed by atoms with Crippen molar-refractivity contribution < 1.29 is 0 Å². The summed E-state index contributed by atoms with van der Waals surface area (Å²) in [7, 11) is 1.97. The van der Waals surface area contributed by atoms with Crippen LogP contribution in [0.2, 0.25) is 5.02 Å². The normalized spacial score (nSPS) is 12.7. The van der Waals surface area contributed by atoms with Gasteiger partial charge < -0.3 is 5.32 Å². The van der Waals surface area contributed by atoms with Gasteiger partial charge in [-0.2, -0.15) is 11.3 Å². The number of nitrogens with one attached hydrogen (secondary N) is 1. The van der Waals surface area contributed by atoms with Crippen LogP contribution in [0.1, 0.15) is 17.2 Å². The summed E-state index contributed by atoms with van der Waals surface area (Å²) < 4.78 is 1.23. The fourth-order valence-corrected chi connectivity index (χ4v) is 3.19. The summed E-state index contributed by atoms with van der Waals surface area (Å²) in [5.41, 5.74) is 2.52. The Morgan fingerprint density at radius 2 is 2.19 bits per heavy atom. The molecule has 0 aliphatic carbocycles. The molecule has 0 radical (unpaired) electrons. The largest absolute Gasteiger partial charge is 0.309 e. The summed E-state index contributed by atoms with van der Waals surface area (Å²) in [4.78, 5) is 0. The van der Waals surface area contributed by atoms with E-state index in [-0.39, 0.29) is 6.04 Å². The average molecular weight is 364 g/mol. The molecule has 2 rings (SSSR count). The molecule has 1 aromatic carbocycles. The smallest absolute Gasteiger partial charge is 0.0593 e. The van der Waals surface area contributed by atoms with Gasteiger partial charge in [0.25, 0.3) is 0 Å². The first-order valence-corrected chi connectivity index (χ1v) is 7.26. The third-order valence-corrected chi connectivity index (χ3v) is 4.35. The van der Waals surface area contributed by atoms with Gasteiger partial charge in [0.15, 0.2) is 0 Å². The lowest BCUT2D eigenvalue weighted by Crippen LogP contribution is -2.18. The summed E-state index contributed by atoms with van der Waals surface area (Å²) in [6.45, 7) is 0. The number of hydrogen-bond acceptors (Lipinski definition) is 2. The molecule has 16 heavy (non-hydrogen) atoms. The van der Waals surface area contributed by atoms with Crippen LogP contribution in [0.25, 0.3) is 0 Å². The minimum Gasteiger partial charge on any atom is -0.309 e. The first kappa shape index (κ1) is 12.4. The van der Waals surface area contributed by atoms with E-state index >= 15 is 0 Å². The van der Waals surface area contributed by atoms with E-state index in [1.807, 2.05) is 19.2 Å². The van der Waals surface area contributed by atoms with Crippen LogP contribution in [-0.2, 0) is 0 Å². The summed E-state index contributed by atoms with van der Waals surface area (Å²) >= 11 is 10.1. The average Bonchev–Trinajstić information content (AvgIpc) is 2.78. The number of halogens is 2. The molecule has 1 nitrogen and oxygen atoms in total. The predicted molar refractivity (Wildman–Crippen MR) is 79.4 cm³/mol. The van der Waals surface area contributed by atoms with Crippen LogP contribution in [-0.4, -0.2) is 7.05 Å². The van der Waals surface area contributed by atoms with E-state index in [0.29, 0.717) is 0 Å². The topological polar surface area (TPSA) is 12.0 Å². The molecule has 0 amide bonds. The predicted octanol–water partition coefficient (Wildman–Crippen LogP) is 4.31. The number of rotatable bonds is 3. The van der Waals surface area contributed by atoms with Crippen LogP contribution >= 0.6 is 45.5 Å². The molecule has 0 spiro atoms. The highest BCUT2D eigenvalue weighted by Gasteiger charge is 2.15. The van der Waals surface area contributed by atoms with Gasteiger partial charge >= 0.3 is 0 Å². The van der Waals surface area contributed by atoms with Gasteiger partial charge in [-0.15, -0.1) is 0 Å². The third kappa shape index (κ3) is 2.59. The second-order valence-electron chi connectivity index (χ2n) is 3.44. The van der Waals surface area contributed by atoms with Crippen LogP contribution in [0.4, 0.5) is 0 Å². The number of benzene rings is 1. The fraction of sp³-hybridized carbons (Fsp3) is 0.167.